The zero-order valence-corrected chi connectivity index (χ0v) is 10.6. The summed E-state index contributed by atoms with van der Waals surface area (Å²) < 4.78 is 0. The van der Waals surface area contributed by atoms with Gasteiger partial charge in [0.25, 0.3) is 5.91 Å². The molecular weight excluding hydrogens is 244 g/mol. The monoisotopic (exact) mass is 262 g/mol. The van der Waals surface area contributed by atoms with E-state index in [0.29, 0.717) is 30.0 Å². The number of anilines is 2. The van der Waals surface area contributed by atoms with Gasteiger partial charge in [0.05, 0.1) is 16.9 Å². The standard InChI is InChI=1S/C13H18N4O2/c14-10-3-1-2-9(12(15)18)11(10)16-6-7-17-13(19)8-4-5-8/h1-3,8,16H,4-7,14H2,(H2,15,18)(H,17,19). The summed E-state index contributed by atoms with van der Waals surface area (Å²) >= 11 is 0. The lowest BCUT2D eigenvalue weighted by atomic mass is 10.1. The summed E-state index contributed by atoms with van der Waals surface area (Å²) in [4.78, 5) is 22.7. The zero-order chi connectivity index (χ0) is 13.8. The number of nitrogen functional groups attached to an aromatic ring is 1. The first-order valence-electron chi connectivity index (χ1n) is 6.29. The fraction of sp³-hybridized carbons (Fsp3) is 0.385. The Morgan fingerprint density at radius 1 is 1.26 bits per heavy atom. The van der Waals surface area contributed by atoms with Crippen LogP contribution in [0.25, 0.3) is 0 Å². The van der Waals surface area contributed by atoms with Crippen LogP contribution < -0.4 is 22.1 Å². The fourth-order valence-corrected chi connectivity index (χ4v) is 1.84. The van der Waals surface area contributed by atoms with Crippen molar-refractivity contribution in [2.24, 2.45) is 11.7 Å². The number of amides is 2. The van der Waals surface area contributed by atoms with Crippen molar-refractivity contribution in [1.82, 2.24) is 5.32 Å². The van der Waals surface area contributed by atoms with E-state index in [2.05, 4.69) is 10.6 Å². The fourth-order valence-electron chi connectivity index (χ4n) is 1.84. The minimum atomic E-state index is -0.531. The lowest BCUT2D eigenvalue weighted by molar-refractivity contribution is -0.122. The molecule has 19 heavy (non-hydrogen) atoms. The topological polar surface area (TPSA) is 110 Å². The molecule has 1 saturated carbocycles. The van der Waals surface area contributed by atoms with Gasteiger partial charge in [-0.1, -0.05) is 6.07 Å². The van der Waals surface area contributed by atoms with Gasteiger partial charge < -0.3 is 22.1 Å². The molecule has 102 valence electrons. The van der Waals surface area contributed by atoms with Crippen molar-refractivity contribution in [3.8, 4) is 0 Å². The lowest BCUT2D eigenvalue weighted by Crippen LogP contribution is -2.30. The van der Waals surface area contributed by atoms with Gasteiger partial charge in [-0.2, -0.15) is 0 Å². The van der Waals surface area contributed by atoms with Crippen LogP contribution >= 0.6 is 0 Å². The van der Waals surface area contributed by atoms with Crippen molar-refractivity contribution in [1.29, 1.82) is 0 Å². The van der Waals surface area contributed by atoms with Gasteiger partial charge in [0.2, 0.25) is 5.91 Å². The van der Waals surface area contributed by atoms with E-state index < -0.39 is 5.91 Å². The second-order valence-corrected chi connectivity index (χ2v) is 4.63. The van der Waals surface area contributed by atoms with E-state index in [-0.39, 0.29) is 11.8 Å². The smallest absolute Gasteiger partial charge is 0.250 e. The highest BCUT2D eigenvalue weighted by Gasteiger charge is 2.28. The van der Waals surface area contributed by atoms with E-state index in [4.69, 9.17) is 11.5 Å². The summed E-state index contributed by atoms with van der Waals surface area (Å²) in [6.07, 6.45) is 1.97. The molecule has 6 heteroatoms. The zero-order valence-electron chi connectivity index (χ0n) is 10.6. The van der Waals surface area contributed by atoms with E-state index in [1.54, 1.807) is 18.2 Å². The minimum Gasteiger partial charge on any atom is -0.397 e. The van der Waals surface area contributed by atoms with Crippen molar-refractivity contribution in [3.05, 3.63) is 23.8 Å². The number of hydrogen-bond acceptors (Lipinski definition) is 4. The number of benzene rings is 1. The van der Waals surface area contributed by atoms with Gasteiger partial charge in [0.1, 0.15) is 0 Å². The van der Waals surface area contributed by atoms with Crippen LogP contribution in [-0.2, 0) is 4.79 Å². The molecule has 6 N–H and O–H groups in total. The van der Waals surface area contributed by atoms with E-state index >= 15 is 0 Å². The third kappa shape index (κ3) is 3.37. The van der Waals surface area contributed by atoms with Crippen molar-refractivity contribution in [2.75, 3.05) is 24.1 Å². The molecule has 1 aliphatic rings. The molecule has 0 bridgehead atoms. The van der Waals surface area contributed by atoms with Gasteiger partial charge in [-0.15, -0.1) is 0 Å². The number of para-hydroxylation sites is 1. The van der Waals surface area contributed by atoms with Crippen molar-refractivity contribution in [3.63, 3.8) is 0 Å². The summed E-state index contributed by atoms with van der Waals surface area (Å²) in [5.41, 5.74) is 12.4. The molecule has 0 unspecified atom stereocenters. The molecule has 0 spiro atoms. The first kappa shape index (κ1) is 13.2. The van der Waals surface area contributed by atoms with E-state index in [1.165, 1.54) is 0 Å². The molecule has 6 nitrogen and oxygen atoms in total. The van der Waals surface area contributed by atoms with Crippen molar-refractivity contribution < 1.29 is 9.59 Å². The van der Waals surface area contributed by atoms with Crippen LogP contribution in [0, 0.1) is 5.92 Å². The van der Waals surface area contributed by atoms with E-state index in [1.807, 2.05) is 0 Å². The lowest BCUT2D eigenvalue weighted by Gasteiger charge is -2.13. The van der Waals surface area contributed by atoms with Crippen LogP contribution in [0.3, 0.4) is 0 Å². The van der Waals surface area contributed by atoms with E-state index in [0.717, 1.165) is 12.8 Å². The average molecular weight is 262 g/mol. The average Bonchev–Trinajstić information content (AvgIpc) is 3.19. The van der Waals surface area contributed by atoms with Gasteiger partial charge in [0.15, 0.2) is 0 Å². The number of carbonyl (C=O) groups excluding carboxylic acids is 2. The summed E-state index contributed by atoms with van der Waals surface area (Å²) in [7, 11) is 0. The van der Waals surface area contributed by atoms with Crippen LogP contribution in [-0.4, -0.2) is 24.9 Å². The highest BCUT2D eigenvalue weighted by atomic mass is 16.2. The van der Waals surface area contributed by atoms with Crippen LogP contribution in [0.15, 0.2) is 18.2 Å². The Hall–Kier alpha value is -2.24. The molecule has 1 fully saturated rings. The van der Waals surface area contributed by atoms with Gasteiger partial charge in [-0.3, -0.25) is 9.59 Å². The number of primary amides is 1. The molecule has 0 heterocycles. The highest BCUT2D eigenvalue weighted by Crippen LogP contribution is 2.28. The first-order valence-corrected chi connectivity index (χ1v) is 6.29. The number of hydrogen-bond donors (Lipinski definition) is 4. The van der Waals surface area contributed by atoms with Gasteiger partial charge >= 0.3 is 0 Å². The highest BCUT2D eigenvalue weighted by molar-refractivity contribution is 6.01. The largest absolute Gasteiger partial charge is 0.397 e. The minimum absolute atomic E-state index is 0.0953. The van der Waals surface area contributed by atoms with Gasteiger partial charge in [-0.25, -0.2) is 0 Å². The Morgan fingerprint density at radius 3 is 2.63 bits per heavy atom. The van der Waals surface area contributed by atoms with Crippen LogP contribution in [0.4, 0.5) is 11.4 Å². The normalized spacial score (nSPS) is 13.9. The molecule has 1 aromatic carbocycles. The van der Waals surface area contributed by atoms with Gasteiger partial charge in [-0.05, 0) is 25.0 Å². The third-order valence-corrected chi connectivity index (χ3v) is 3.04. The van der Waals surface area contributed by atoms with Crippen molar-refractivity contribution >= 4 is 23.2 Å². The molecule has 0 aliphatic heterocycles. The molecule has 2 rings (SSSR count). The molecule has 0 atom stereocenters. The second kappa shape index (κ2) is 5.60. The Labute approximate surface area is 111 Å². The number of nitrogens with one attached hydrogen (secondary N) is 2. The van der Waals surface area contributed by atoms with Crippen LogP contribution in [0.2, 0.25) is 0 Å². The Balaban J connectivity index is 1.88. The molecule has 0 saturated heterocycles. The molecule has 0 radical (unpaired) electrons. The first-order chi connectivity index (χ1) is 9.09. The molecule has 2 amide bonds. The number of nitrogens with two attached hydrogens (primary N) is 2. The van der Waals surface area contributed by atoms with Crippen LogP contribution in [0.5, 0.6) is 0 Å². The predicted molar refractivity (Wildman–Crippen MR) is 73.6 cm³/mol. The summed E-state index contributed by atoms with van der Waals surface area (Å²) in [6.45, 7) is 0.981. The van der Waals surface area contributed by atoms with E-state index in [9.17, 15) is 9.59 Å². The summed E-state index contributed by atoms with van der Waals surface area (Å²) in [5, 5.41) is 5.86. The molecule has 0 aromatic heterocycles. The number of rotatable bonds is 6. The Morgan fingerprint density at radius 2 is 2.00 bits per heavy atom. The Bertz CT molecular complexity index is 497. The maximum Gasteiger partial charge on any atom is 0.250 e. The van der Waals surface area contributed by atoms with Crippen molar-refractivity contribution in [2.45, 2.75) is 12.8 Å². The molecule has 1 aromatic rings. The third-order valence-electron chi connectivity index (χ3n) is 3.04. The Kier molecular flexibility index (Phi) is 3.89. The predicted octanol–water partition coefficient (Wildman–Crippen LogP) is 0.306. The maximum absolute atomic E-state index is 11.4. The van der Waals surface area contributed by atoms with Crippen LogP contribution in [0.1, 0.15) is 23.2 Å². The summed E-state index contributed by atoms with van der Waals surface area (Å²) in [6, 6.07) is 4.98. The quantitative estimate of drug-likeness (QED) is 0.436. The summed E-state index contributed by atoms with van der Waals surface area (Å²) in [5.74, 6) is -0.238. The second-order valence-electron chi connectivity index (χ2n) is 4.63. The molecule has 1 aliphatic carbocycles. The SMILES string of the molecule is NC(=O)c1cccc(N)c1NCCNC(=O)C1CC1. The van der Waals surface area contributed by atoms with Gasteiger partial charge in [0, 0.05) is 19.0 Å². The molecular formula is C13H18N4O2. The number of carbonyl (C=O) groups is 2. The maximum atomic E-state index is 11.4.